The summed E-state index contributed by atoms with van der Waals surface area (Å²) in [5, 5.41) is 9.41. The second kappa shape index (κ2) is 9.16. The second-order valence-corrected chi connectivity index (χ2v) is 6.40. The van der Waals surface area contributed by atoms with Gasteiger partial charge in [0.25, 0.3) is 0 Å². The predicted octanol–water partition coefficient (Wildman–Crippen LogP) is 4.22. The number of unbranched alkanes of at least 4 members (excludes halogenated alkanes) is 3. The van der Waals surface area contributed by atoms with Crippen LogP contribution >= 0.6 is 11.5 Å². The molecule has 0 amide bonds. The summed E-state index contributed by atoms with van der Waals surface area (Å²) in [7, 11) is 0. The van der Waals surface area contributed by atoms with Crippen molar-refractivity contribution in [3.8, 4) is 6.07 Å². The third kappa shape index (κ3) is 5.57. The number of carbonyl (C=O) groups is 1. The van der Waals surface area contributed by atoms with Crippen molar-refractivity contribution >= 4 is 17.3 Å². The number of nitriles is 1. The van der Waals surface area contributed by atoms with Crippen molar-refractivity contribution in [2.75, 3.05) is 0 Å². The van der Waals surface area contributed by atoms with Gasteiger partial charge in [-0.25, -0.2) is 4.98 Å². The van der Waals surface area contributed by atoms with Gasteiger partial charge in [0, 0.05) is 12.8 Å². The molecule has 1 atom stereocenters. The third-order valence-corrected chi connectivity index (χ3v) is 4.65. The molecule has 0 saturated heterocycles. The Kier molecular flexibility index (Phi) is 6.89. The quantitative estimate of drug-likeness (QED) is 0.647. The maximum absolute atomic E-state index is 12.7. The Morgan fingerprint density at radius 1 is 1.26 bits per heavy atom. The van der Waals surface area contributed by atoms with Crippen molar-refractivity contribution in [2.45, 2.75) is 51.4 Å². The number of rotatable bonds is 9. The Morgan fingerprint density at radius 3 is 2.70 bits per heavy atom. The van der Waals surface area contributed by atoms with E-state index in [-0.39, 0.29) is 11.7 Å². The highest BCUT2D eigenvalue weighted by molar-refractivity contribution is 7.05. The minimum absolute atomic E-state index is 0.177. The number of aromatic nitrogens is 2. The van der Waals surface area contributed by atoms with Gasteiger partial charge in [-0.05, 0) is 36.9 Å². The molecule has 0 aliphatic carbocycles. The van der Waals surface area contributed by atoms with Crippen LogP contribution in [-0.2, 0) is 11.2 Å². The van der Waals surface area contributed by atoms with E-state index in [4.69, 9.17) is 5.26 Å². The summed E-state index contributed by atoms with van der Waals surface area (Å²) in [5.74, 6) is 0.753. The fourth-order valence-corrected chi connectivity index (χ4v) is 3.34. The zero-order chi connectivity index (χ0) is 16.5. The van der Waals surface area contributed by atoms with Crippen LogP contribution in [0, 0.1) is 18.3 Å². The molecule has 0 spiro atoms. The summed E-state index contributed by atoms with van der Waals surface area (Å²) >= 11 is 1.33. The average Bonchev–Trinajstić information content (AvgIpc) is 2.98. The highest BCUT2D eigenvalue weighted by atomic mass is 32.1. The average molecular weight is 327 g/mol. The summed E-state index contributed by atoms with van der Waals surface area (Å²) in [6.07, 6.45) is 4.60. The highest BCUT2D eigenvalue weighted by Gasteiger charge is 2.23. The molecule has 1 unspecified atom stereocenters. The number of Topliss-reactive ketones (excluding diaryl/α,β-unsaturated/α-hetero) is 1. The van der Waals surface area contributed by atoms with Gasteiger partial charge in [-0.15, -0.1) is 0 Å². The van der Waals surface area contributed by atoms with Crippen molar-refractivity contribution in [3.05, 3.63) is 46.7 Å². The molecule has 2 rings (SSSR count). The molecular weight excluding hydrogens is 306 g/mol. The van der Waals surface area contributed by atoms with Crippen molar-refractivity contribution < 1.29 is 4.79 Å². The third-order valence-electron chi connectivity index (χ3n) is 3.73. The van der Waals surface area contributed by atoms with E-state index in [1.807, 2.05) is 37.3 Å². The van der Waals surface area contributed by atoms with Crippen LogP contribution in [0.2, 0.25) is 0 Å². The number of carbonyl (C=O) groups excluding carboxylic acids is 1. The van der Waals surface area contributed by atoms with Crippen molar-refractivity contribution in [1.29, 1.82) is 5.26 Å². The molecule has 5 heteroatoms. The van der Waals surface area contributed by atoms with Gasteiger partial charge in [0.2, 0.25) is 0 Å². The van der Waals surface area contributed by atoms with Gasteiger partial charge in [0.1, 0.15) is 16.6 Å². The van der Waals surface area contributed by atoms with E-state index in [2.05, 4.69) is 15.4 Å². The number of hydrogen-bond acceptors (Lipinski definition) is 5. The molecule has 1 aromatic heterocycles. The van der Waals surface area contributed by atoms with E-state index in [1.165, 1.54) is 11.5 Å². The van der Waals surface area contributed by atoms with Crippen LogP contribution in [0.1, 0.15) is 54.4 Å². The molecule has 1 aromatic carbocycles. The first kappa shape index (κ1) is 17.3. The van der Waals surface area contributed by atoms with Crippen molar-refractivity contribution in [2.24, 2.45) is 0 Å². The Balaban J connectivity index is 2.01. The van der Waals surface area contributed by atoms with Crippen molar-refractivity contribution in [3.63, 3.8) is 0 Å². The number of hydrogen-bond donors (Lipinski definition) is 0. The largest absolute Gasteiger partial charge is 0.299 e. The van der Waals surface area contributed by atoms with Crippen LogP contribution in [0.4, 0.5) is 0 Å². The lowest BCUT2D eigenvalue weighted by Gasteiger charge is -2.13. The fourth-order valence-electron chi connectivity index (χ4n) is 2.53. The van der Waals surface area contributed by atoms with Crippen LogP contribution in [-0.4, -0.2) is 15.1 Å². The summed E-state index contributed by atoms with van der Waals surface area (Å²) in [6.45, 7) is 1.85. The molecule has 0 N–H and O–H groups in total. The first-order valence-corrected chi connectivity index (χ1v) is 8.72. The molecule has 0 saturated carbocycles. The molecule has 4 nitrogen and oxygen atoms in total. The molecule has 0 aliphatic heterocycles. The minimum atomic E-state index is -0.177. The topological polar surface area (TPSA) is 66.6 Å². The van der Waals surface area contributed by atoms with E-state index in [9.17, 15) is 4.79 Å². The maximum Gasteiger partial charge on any atom is 0.147 e. The number of nitrogens with zero attached hydrogens (tertiary/aromatic N) is 3. The first-order valence-electron chi connectivity index (χ1n) is 7.94. The van der Waals surface area contributed by atoms with Crippen LogP contribution < -0.4 is 0 Å². The summed E-state index contributed by atoms with van der Waals surface area (Å²) in [4.78, 5) is 17.2. The fraction of sp³-hybridized carbons (Fsp3) is 0.444. The van der Waals surface area contributed by atoms with Gasteiger partial charge in [-0.3, -0.25) is 4.79 Å². The van der Waals surface area contributed by atoms with Crippen LogP contribution in [0.3, 0.4) is 0 Å². The Hall–Kier alpha value is -2.06. The minimum Gasteiger partial charge on any atom is -0.299 e. The van der Waals surface area contributed by atoms with Gasteiger partial charge in [0.15, 0.2) is 0 Å². The molecule has 0 fully saturated rings. The normalized spacial score (nSPS) is 11.8. The van der Waals surface area contributed by atoms with Crippen LogP contribution in [0.5, 0.6) is 0 Å². The SMILES string of the molecule is Cc1nsc(C(CCCCCC#N)C(=O)Cc2ccccc2)n1. The Bertz CT molecular complexity index is 660. The van der Waals surface area contributed by atoms with Crippen LogP contribution in [0.25, 0.3) is 0 Å². The number of benzene rings is 1. The van der Waals surface area contributed by atoms with E-state index in [0.717, 1.165) is 42.1 Å². The summed E-state index contributed by atoms with van der Waals surface area (Å²) in [5.41, 5.74) is 1.04. The monoisotopic (exact) mass is 327 g/mol. The van der Waals surface area contributed by atoms with E-state index in [0.29, 0.717) is 12.8 Å². The predicted molar refractivity (Wildman–Crippen MR) is 91.2 cm³/mol. The standard InChI is InChI=1S/C18H21N3OS/c1-14-20-18(23-21-14)16(11-7-2-3-8-12-19)17(22)13-15-9-5-4-6-10-15/h4-6,9-10,16H,2-3,7-8,11,13H2,1H3. The zero-order valence-corrected chi connectivity index (χ0v) is 14.2. The van der Waals surface area contributed by atoms with E-state index < -0.39 is 0 Å². The number of ketones is 1. The maximum atomic E-state index is 12.7. The Labute approximate surface area is 141 Å². The zero-order valence-electron chi connectivity index (χ0n) is 13.4. The highest BCUT2D eigenvalue weighted by Crippen LogP contribution is 2.26. The van der Waals surface area contributed by atoms with E-state index >= 15 is 0 Å². The molecule has 0 radical (unpaired) electrons. The van der Waals surface area contributed by atoms with E-state index in [1.54, 1.807) is 0 Å². The lowest BCUT2D eigenvalue weighted by atomic mass is 9.93. The van der Waals surface area contributed by atoms with Gasteiger partial charge < -0.3 is 0 Å². The van der Waals surface area contributed by atoms with Crippen LogP contribution in [0.15, 0.2) is 30.3 Å². The second-order valence-electron chi connectivity index (χ2n) is 5.62. The van der Waals surface area contributed by atoms with Gasteiger partial charge >= 0.3 is 0 Å². The lowest BCUT2D eigenvalue weighted by molar-refractivity contribution is -0.120. The van der Waals surface area contributed by atoms with Gasteiger partial charge in [0.05, 0.1) is 12.0 Å². The Morgan fingerprint density at radius 2 is 2.04 bits per heavy atom. The molecule has 0 bridgehead atoms. The summed E-state index contributed by atoms with van der Waals surface area (Å²) < 4.78 is 4.22. The first-order chi connectivity index (χ1) is 11.2. The molecule has 0 aliphatic rings. The molecule has 1 heterocycles. The summed E-state index contributed by atoms with van der Waals surface area (Å²) in [6, 6.07) is 12.0. The molecule has 23 heavy (non-hydrogen) atoms. The molecule has 120 valence electrons. The lowest BCUT2D eigenvalue weighted by Crippen LogP contribution is -2.15. The van der Waals surface area contributed by atoms with Gasteiger partial charge in [-0.1, -0.05) is 43.2 Å². The smallest absolute Gasteiger partial charge is 0.147 e. The van der Waals surface area contributed by atoms with Gasteiger partial charge in [-0.2, -0.15) is 9.64 Å². The number of aryl methyl sites for hydroxylation is 1. The molecular formula is C18H21N3OS. The van der Waals surface area contributed by atoms with Crippen molar-refractivity contribution in [1.82, 2.24) is 9.36 Å². The molecule has 2 aromatic rings.